The average molecular weight is 382 g/mol. The van der Waals surface area contributed by atoms with Crippen molar-refractivity contribution in [2.75, 3.05) is 11.9 Å². The number of rotatable bonds is 3. The van der Waals surface area contributed by atoms with Crippen LogP contribution in [0.2, 0.25) is 5.02 Å². The predicted octanol–water partition coefficient (Wildman–Crippen LogP) is 4.94. The van der Waals surface area contributed by atoms with Crippen LogP contribution in [0.15, 0.2) is 42.5 Å². The van der Waals surface area contributed by atoms with Gasteiger partial charge in [0.2, 0.25) is 0 Å². The SMILES string of the molecule is CCNC(=O)Nc1ccc(-n2c3c(c4ccccc42)C(=O)CCC3)c(Cl)c1. The third-order valence-corrected chi connectivity index (χ3v) is 5.16. The Morgan fingerprint density at radius 3 is 2.78 bits per heavy atom. The van der Waals surface area contributed by atoms with Crippen LogP contribution in [-0.2, 0) is 6.42 Å². The molecule has 0 atom stereocenters. The van der Waals surface area contributed by atoms with E-state index in [4.69, 9.17) is 11.6 Å². The number of nitrogens with zero attached hydrogens (tertiary/aromatic N) is 1. The Morgan fingerprint density at radius 1 is 1.19 bits per heavy atom. The predicted molar refractivity (Wildman–Crippen MR) is 108 cm³/mol. The number of amides is 2. The highest BCUT2D eigenvalue weighted by molar-refractivity contribution is 6.33. The molecule has 0 bridgehead atoms. The summed E-state index contributed by atoms with van der Waals surface area (Å²) in [5, 5.41) is 6.94. The Bertz CT molecular complexity index is 1060. The maximum absolute atomic E-state index is 12.6. The number of Topliss-reactive ketones (excluding diaryl/α,β-unsaturated/α-hetero) is 1. The van der Waals surface area contributed by atoms with Gasteiger partial charge in [0.1, 0.15) is 0 Å². The van der Waals surface area contributed by atoms with Gasteiger partial charge in [-0.2, -0.15) is 0 Å². The second kappa shape index (κ2) is 7.08. The molecule has 1 aliphatic rings. The van der Waals surface area contributed by atoms with E-state index in [9.17, 15) is 9.59 Å². The molecule has 0 radical (unpaired) electrons. The molecule has 2 aromatic carbocycles. The quantitative estimate of drug-likeness (QED) is 0.674. The van der Waals surface area contributed by atoms with Crippen molar-refractivity contribution in [3.05, 3.63) is 58.7 Å². The van der Waals surface area contributed by atoms with Crippen molar-refractivity contribution in [3.8, 4) is 5.69 Å². The van der Waals surface area contributed by atoms with Gasteiger partial charge >= 0.3 is 6.03 Å². The van der Waals surface area contributed by atoms with Gasteiger partial charge in [0, 0.05) is 35.3 Å². The van der Waals surface area contributed by atoms with Gasteiger partial charge in [0.15, 0.2) is 5.78 Å². The average Bonchev–Trinajstić information content (AvgIpc) is 2.98. The van der Waals surface area contributed by atoms with Crippen molar-refractivity contribution >= 4 is 40.0 Å². The number of urea groups is 1. The van der Waals surface area contributed by atoms with Crippen molar-refractivity contribution in [1.82, 2.24) is 9.88 Å². The van der Waals surface area contributed by atoms with Crippen molar-refractivity contribution in [2.45, 2.75) is 26.2 Å². The molecule has 2 amide bonds. The lowest BCUT2D eigenvalue weighted by Crippen LogP contribution is -2.28. The molecule has 27 heavy (non-hydrogen) atoms. The molecule has 0 saturated carbocycles. The third-order valence-electron chi connectivity index (χ3n) is 4.85. The van der Waals surface area contributed by atoms with Crippen LogP contribution in [-0.4, -0.2) is 22.9 Å². The van der Waals surface area contributed by atoms with E-state index < -0.39 is 0 Å². The van der Waals surface area contributed by atoms with Crippen LogP contribution in [0.4, 0.5) is 10.5 Å². The van der Waals surface area contributed by atoms with Gasteiger partial charge in [0.05, 0.1) is 16.2 Å². The number of anilines is 1. The van der Waals surface area contributed by atoms with Gasteiger partial charge in [-0.05, 0) is 44.0 Å². The number of ketones is 1. The number of carbonyl (C=O) groups is 2. The maximum Gasteiger partial charge on any atom is 0.319 e. The third kappa shape index (κ3) is 3.08. The topological polar surface area (TPSA) is 63.1 Å². The number of fused-ring (bicyclic) bond motifs is 3. The first-order chi connectivity index (χ1) is 13.1. The van der Waals surface area contributed by atoms with Crippen molar-refractivity contribution < 1.29 is 9.59 Å². The molecule has 0 spiro atoms. The van der Waals surface area contributed by atoms with E-state index in [-0.39, 0.29) is 11.8 Å². The fourth-order valence-electron chi connectivity index (χ4n) is 3.76. The summed E-state index contributed by atoms with van der Waals surface area (Å²) in [4.78, 5) is 24.3. The number of hydrogen-bond acceptors (Lipinski definition) is 2. The fourth-order valence-corrected chi connectivity index (χ4v) is 4.02. The first kappa shape index (κ1) is 17.6. The van der Waals surface area contributed by atoms with Gasteiger partial charge in [-0.15, -0.1) is 0 Å². The van der Waals surface area contributed by atoms with Crippen molar-refractivity contribution in [3.63, 3.8) is 0 Å². The van der Waals surface area contributed by atoms with E-state index >= 15 is 0 Å². The smallest absolute Gasteiger partial charge is 0.319 e. The molecule has 138 valence electrons. The van der Waals surface area contributed by atoms with Crippen molar-refractivity contribution in [1.29, 1.82) is 0 Å². The second-order valence-electron chi connectivity index (χ2n) is 6.60. The molecule has 5 nitrogen and oxygen atoms in total. The Balaban J connectivity index is 1.84. The largest absolute Gasteiger partial charge is 0.338 e. The lowest BCUT2D eigenvalue weighted by atomic mass is 9.94. The van der Waals surface area contributed by atoms with Crippen LogP contribution >= 0.6 is 11.6 Å². The zero-order valence-corrected chi connectivity index (χ0v) is 15.8. The molecule has 0 saturated heterocycles. The molecule has 3 aromatic rings. The molecule has 0 aliphatic heterocycles. The summed E-state index contributed by atoms with van der Waals surface area (Å²) in [5.74, 6) is 0.192. The zero-order valence-electron chi connectivity index (χ0n) is 15.0. The highest BCUT2D eigenvalue weighted by Crippen LogP contribution is 2.37. The summed E-state index contributed by atoms with van der Waals surface area (Å²) in [6.45, 7) is 2.41. The van der Waals surface area contributed by atoms with Gasteiger partial charge < -0.3 is 15.2 Å². The summed E-state index contributed by atoms with van der Waals surface area (Å²) >= 11 is 6.58. The Kier molecular flexibility index (Phi) is 4.62. The Morgan fingerprint density at radius 2 is 2.00 bits per heavy atom. The molecule has 6 heteroatoms. The monoisotopic (exact) mass is 381 g/mol. The molecule has 0 unspecified atom stereocenters. The van der Waals surface area contributed by atoms with Crippen LogP contribution in [0.25, 0.3) is 16.6 Å². The lowest BCUT2D eigenvalue weighted by Gasteiger charge is -2.17. The van der Waals surface area contributed by atoms with E-state index in [0.717, 1.165) is 40.7 Å². The molecular weight excluding hydrogens is 362 g/mol. The van der Waals surface area contributed by atoms with Crippen LogP contribution < -0.4 is 10.6 Å². The minimum Gasteiger partial charge on any atom is -0.338 e. The van der Waals surface area contributed by atoms with E-state index in [1.54, 1.807) is 6.07 Å². The van der Waals surface area contributed by atoms with Crippen LogP contribution in [0.5, 0.6) is 0 Å². The van der Waals surface area contributed by atoms with Crippen LogP contribution in [0.1, 0.15) is 35.8 Å². The van der Waals surface area contributed by atoms with E-state index in [1.807, 2.05) is 43.3 Å². The summed E-state index contributed by atoms with van der Waals surface area (Å²) < 4.78 is 2.08. The highest BCUT2D eigenvalue weighted by atomic mass is 35.5. The van der Waals surface area contributed by atoms with E-state index in [1.165, 1.54) is 0 Å². The minimum absolute atomic E-state index is 0.192. The van der Waals surface area contributed by atoms with Gasteiger partial charge in [-0.1, -0.05) is 29.8 Å². The first-order valence-corrected chi connectivity index (χ1v) is 9.48. The minimum atomic E-state index is -0.268. The number of hydrogen-bond donors (Lipinski definition) is 2. The summed E-state index contributed by atoms with van der Waals surface area (Å²) in [5.41, 5.74) is 4.24. The molecule has 4 rings (SSSR count). The summed E-state index contributed by atoms with van der Waals surface area (Å²) in [6, 6.07) is 13.1. The number of carbonyl (C=O) groups excluding carboxylic acids is 2. The number of benzene rings is 2. The number of nitrogens with one attached hydrogen (secondary N) is 2. The van der Waals surface area contributed by atoms with Crippen molar-refractivity contribution in [2.24, 2.45) is 0 Å². The molecule has 1 aliphatic carbocycles. The molecule has 0 fully saturated rings. The number of para-hydroxylation sites is 1. The highest BCUT2D eigenvalue weighted by Gasteiger charge is 2.26. The zero-order chi connectivity index (χ0) is 19.0. The lowest BCUT2D eigenvalue weighted by molar-refractivity contribution is 0.0973. The Hall–Kier alpha value is -2.79. The number of aromatic nitrogens is 1. The van der Waals surface area contributed by atoms with Crippen LogP contribution in [0.3, 0.4) is 0 Å². The maximum atomic E-state index is 12.6. The normalized spacial score (nSPS) is 13.5. The second-order valence-corrected chi connectivity index (χ2v) is 7.01. The first-order valence-electron chi connectivity index (χ1n) is 9.10. The molecular formula is C21H20ClN3O2. The van der Waals surface area contributed by atoms with E-state index in [2.05, 4.69) is 15.2 Å². The van der Waals surface area contributed by atoms with Gasteiger partial charge in [0.25, 0.3) is 0 Å². The summed E-state index contributed by atoms with van der Waals surface area (Å²) in [6.07, 6.45) is 2.27. The molecule has 1 aromatic heterocycles. The number of halogens is 1. The fraction of sp³-hybridized carbons (Fsp3) is 0.238. The standard InChI is InChI=1S/C21H20ClN3O2/c1-2-23-21(27)24-13-10-11-17(15(22)12-13)25-16-7-4-3-6-14(16)20-18(25)8-5-9-19(20)26/h3-4,6-7,10-12H,2,5,8-9H2,1H3,(H2,23,24,27). The van der Waals surface area contributed by atoms with E-state index in [0.29, 0.717) is 23.7 Å². The van der Waals surface area contributed by atoms with Gasteiger partial charge in [-0.25, -0.2) is 4.79 Å². The van der Waals surface area contributed by atoms with Crippen LogP contribution in [0, 0.1) is 0 Å². The molecule has 2 N–H and O–H groups in total. The molecule has 1 heterocycles. The Labute approximate surface area is 162 Å². The van der Waals surface area contributed by atoms with Gasteiger partial charge in [-0.3, -0.25) is 4.79 Å². The summed E-state index contributed by atoms with van der Waals surface area (Å²) in [7, 11) is 0.